The summed E-state index contributed by atoms with van der Waals surface area (Å²) in [6.45, 7) is 0.266. The normalized spacial score (nSPS) is 9.76. The van der Waals surface area contributed by atoms with Crippen molar-refractivity contribution in [1.82, 2.24) is 0 Å². The van der Waals surface area contributed by atoms with Gasteiger partial charge in [-0.05, 0) is 6.42 Å². The summed E-state index contributed by atoms with van der Waals surface area (Å²) in [6, 6.07) is 4.01. The maximum Gasteiger partial charge on any atom is 0.284 e. The number of nitriles is 1. The molecule has 1 aromatic rings. The number of hydrogen-bond donors (Lipinski definition) is 0. The van der Waals surface area contributed by atoms with Crippen molar-refractivity contribution in [2.75, 3.05) is 19.6 Å². The lowest BCUT2D eigenvalue weighted by Crippen LogP contribution is -2.06. The van der Waals surface area contributed by atoms with Crippen LogP contribution in [0.15, 0.2) is 12.1 Å². The summed E-state index contributed by atoms with van der Waals surface area (Å²) in [7, 11) is 1.36. The van der Waals surface area contributed by atoms with Crippen LogP contribution in [0.1, 0.15) is 23.2 Å². The summed E-state index contributed by atoms with van der Waals surface area (Å²) in [5.41, 5.74) is -0.597. The van der Waals surface area contributed by atoms with Gasteiger partial charge in [0.15, 0.2) is 17.3 Å². The SMILES string of the molecule is COc1cc(C(=O)CC#N)c([N+](=O)[O-])cc1OCCCCl. The van der Waals surface area contributed by atoms with Crippen LogP contribution in [0.2, 0.25) is 0 Å². The summed E-state index contributed by atoms with van der Waals surface area (Å²) in [6.07, 6.45) is 0.115. The van der Waals surface area contributed by atoms with E-state index in [9.17, 15) is 14.9 Å². The second-order valence-corrected chi connectivity index (χ2v) is 4.30. The zero-order valence-corrected chi connectivity index (χ0v) is 12.1. The molecule has 0 fully saturated rings. The standard InChI is InChI=1S/C13H13ClN2O5/c1-20-12-7-9(11(17)3-5-15)10(16(18)19)8-13(12)21-6-2-4-14/h7-8H,2-4,6H2,1H3. The number of alkyl halides is 1. The van der Waals surface area contributed by atoms with Gasteiger partial charge in [-0.3, -0.25) is 14.9 Å². The van der Waals surface area contributed by atoms with Crippen LogP contribution in [0.5, 0.6) is 11.5 Å². The van der Waals surface area contributed by atoms with Crippen molar-refractivity contribution in [3.05, 3.63) is 27.8 Å². The molecular formula is C13H13ClN2O5. The monoisotopic (exact) mass is 312 g/mol. The van der Waals surface area contributed by atoms with E-state index in [0.29, 0.717) is 12.3 Å². The van der Waals surface area contributed by atoms with E-state index in [1.54, 1.807) is 6.07 Å². The number of methoxy groups -OCH3 is 1. The average molecular weight is 313 g/mol. The molecule has 0 unspecified atom stereocenters. The third-order valence-corrected chi connectivity index (χ3v) is 2.82. The van der Waals surface area contributed by atoms with Crippen LogP contribution in [-0.4, -0.2) is 30.3 Å². The number of Topliss-reactive ketones (excluding diaryl/α,β-unsaturated/α-hetero) is 1. The Morgan fingerprint density at radius 2 is 2.19 bits per heavy atom. The van der Waals surface area contributed by atoms with Crippen molar-refractivity contribution in [1.29, 1.82) is 5.26 Å². The number of ether oxygens (including phenoxy) is 2. The van der Waals surface area contributed by atoms with Crippen molar-refractivity contribution in [2.45, 2.75) is 12.8 Å². The number of carbonyl (C=O) groups excluding carboxylic acids is 1. The van der Waals surface area contributed by atoms with E-state index in [0.717, 1.165) is 6.07 Å². The minimum Gasteiger partial charge on any atom is -0.493 e. The Balaban J connectivity index is 3.24. The van der Waals surface area contributed by atoms with E-state index in [1.807, 2.05) is 0 Å². The third-order valence-electron chi connectivity index (χ3n) is 2.55. The fourth-order valence-corrected chi connectivity index (χ4v) is 1.71. The molecule has 0 atom stereocenters. The first kappa shape index (κ1) is 16.7. The molecule has 21 heavy (non-hydrogen) atoms. The highest BCUT2D eigenvalue weighted by Gasteiger charge is 2.24. The van der Waals surface area contributed by atoms with Crippen LogP contribution in [0.4, 0.5) is 5.69 Å². The molecule has 0 bridgehead atoms. The topological polar surface area (TPSA) is 102 Å². The van der Waals surface area contributed by atoms with Gasteiger partial charge >= 0.3 is 0 Å². The van der Waals surface area contributed by atoms with E-state index >= 15 is 0 Å². The van der Waals surface area contributed by atoms with E-state index in [-0.39, 0.29) is 23.7 Å². The number of ketones is 1. The molecule has 0 radical (unpaired) electrons. The van der Waals surface area contributed by atoms with Gasteiger partial charge in [0.25, 0.3) is 5.69 Å². The van der Waals surface area contributed by atoms with Crippen LogP contribution in [0.3, 0.4) is 0 Å². The summed E-state index contributed by atoms with van der Waals surface area (Å²) in [5, 5.41) is 19.6. The number of nitro groups is 1. The van der Waals surface area contributed by atoms with Gasteiger partial charge in [0.2, 0.25) is 0 Å². The summed E-state index contributed by atoms with van der Waals surface area (Å²) < 4.78 is 10.4. The number of nitrogens with zero attached hydrogens (tertiary/aromatic N) is 2. The Kier molecular flexibility index (Phi) is 6.43. The molecule has 0 saturated carbocycles. The highest BCUT2D eigenvalue weighted by molar-refractivity contribution is 6.17. The summed E-state index contributed by atoms with van der Waals surface area (Å²) in [5.74, 6) is 0.0949. The Morgan fingerprint density at radius 1 is 1.48 bits per heavy atom. The molecule has 0 spiro atoms. The van der Waals surface area contributed by atoms with Crippen LogP contribution in [-0.2, 0) is 0 Å². The lowest BCUT2D eigenvalue weighted by atomic mass is 10.1. The van der Waals surface area contributed by atoms with Crippen molar-refractivity contribution in [3.63, 3.8) is 0 Å². The molecule has 0 saturated heterocycles. The van der Waals surface area contributed by atoms with Gasteiger partial charge in [-0.25, -0.2) is 0 Å². The van der Waals surface area contributed by atoms with Gasteiger partial charge in [-0.1, -0.05) is 0 Å². The first-order valence-electron chi connectivity index (χ1n) is 6.00. The van der Waals surface area contributed by atoms with Gasteiger partial charge in [-0.15, -0.1) is 11.6 Å². The fourth-order valence-electron chi connectivity index (χ4n) is 1.60. The second kappa shape index (κ2) is 8.07. The molecule has 1 rings (SSSR count). The maximum absolute atomic E-state index is 11.8. The van der Waals surface area contributed by atoms with E-state index < -0.39 is 22.8 Å². The van der Waals surface area contributed by atoms with Gasteiger partial charge in [0, 0.05) is 11.9 Å². The third kappa shape index (κ3) is 4.33. The van der Waals surface area contributed by atoms with Gasteiger partial charge in [0.1, 0.15) is 5.56 Å². The van der Waals surface area contributed by atoms with Crippen LogP contribution in [0, 0.1) is 21.4 Å². The number of nitro benzene ring substituents is 1. The number of carbonyl (C=O) groups is 1. The highest BCUT2D eigenvalue weighted by atomic mass is 35.5. The Bertz CT molecular complexity index is 583. The molecular weight excluding hydrogens is 300 g/mol. The quantitative estimate of drug-likeness (QED) is 0.240. The zero-order valence-electron chi connectivity index (χ0n) is 11.3. The molecule has 0 heterocycles. The van der Waals surface area contributed by atoms with Gasteiger partial charge < -0.3 is 9.47 Å². The smallest absolute Gasteiger partial charge is 0.284 e. The molecule has 0 aliphatic heterocycles. The fraction of sp³-hybridized carbons (Fsp3) is 0.385. The summed E-state index contributed by atoms with van der Waals surface area (Å²) in [4.78, 5) is 22.1. The van der Waals surface area contributed by atoms with Crippen molar-refractivity contribution in [2.24, 2.45) is 0 Å². The van der Waals surface area contributed by atoms with E-state index in [1.165, 1.54) is 13.2 Å². The Labute approximate surface area is 126 Å². The molecule has 0 N–H and O–H groups in total. The molecule has 112 valence electrons. The van der Waals surface area contributed by atoms with E-state index in [4.69, 9.17) is 26.3 Å². The second-order valence-electron chi connectivity index (χ2n) is 3.93. The maximum atomic E-state index is 11.8. The number of benzene rings is 1. The van der Waals surface area contributed by atoms with Crippen molar-refractivity contribution >= 4 is 23.1 Å². The summed E-state index contributed by atoms with van der Waals surface area (Å²) >= 11 is 5.53. The minimum absolute atomic E-state index is 0.155. The first-order chi connectivity index (χ1) is 10.0. The predicted molar refractivity (Wildman–Crippen MR) is 75.0 cm³/mol. The first-order valence-corrected chi connectivity index (χ1v) is 6.54. The van der Waals surface area contributed by atoms with Crippen LogP contribution in [0.25, 0.3) is 0 Å². The zero-order chi connectivity index (χ0) is 15.8. The molecule has 0 aliphatic carbocycles. The van der Waals surface area contributed by atoms with Crippen LogP contribution < -0.4 is 9.47 Å². The average Bonchev–Trinajstić information content (AvgIpc) is 2.47. The lowest BCUT2D eigenvalue weighted by Gasteiger charge is -2.11. The molecule has 0 aliphatic rings. The van der Waals surface area contributed by atoms with Crippen molar-refractivity contribution in [3.8, 4) is 17.6 Å². The minimum atomic E-state index is -0.696. The van der Waals surface area contributed by atoms with Gasteiger partial charge in [0.05, 0.1) is 37.2 Å². The van der Waals surface area contributed by atoms with Gasteiger partial charge in [-0.2, -0.15) is 5.26 Å². The molecule has 8 heteroatoms. The molecule has 0 amide bonds. The van der Waals surface area contributed by atoms with Crippen LogP contribution >= 0.6 is 11.6 Å². The van der Waals surface area contributed by atoms with Crippen molar-refractivity contribution < 1.29 is 19.2 Å². The van der Waals surface area contributed by atoms with E-state index in [2.05, 4.69) is 0 Å². The predicted octanol–water partition coefficient (Wildman–Crippen LogP) is 2.71. The molecule has 7 nitrogen and oxygen atoms in total. The number of halogens is 1. The number of hydrogen-bond acceptors (Lipinski definition) is 6. The molecule has 0 aromatic heterocycles. The lowest BCUT2D eigenvalue weighted by molar-refractivity contribution is -0.385. The largest absolute Gasteiger partial charge is 0.493 e. The highest BCUT2D eigenvalue weighted by Crippen LogP contribution is 2.35. The Hall–Kier alpha value is -2.33. The Morgan fingerprint density at radius 3 is 2.71 bits per heavy atom. The molecule has 1 aromatic carbocycles. The number of rotatable bonds is 8.